The van der Waals surface area contributed by atoms with E-state index in [1.54, 1.807) is 0 Å². The van der Waals surface area contributed by atoms with Crippen LogP contribution >= 0.6 is 27.3 Å². The van der Waals surface area contributed by atoms with Crippen molar-refractivity contribution in [2.75, 3.05) is 4.72 Å². The van der Waals surface area contributed by atoms with Crippen LogP contribution in [-0.2, 0) is 16.6 Å². The van der Waals surface area contributed by atoms with E-state index >= 15 is 0 Å². The number of rotatable bonds is 4. The molecule has 8 heteroatoms. The van der Waals surface area contributed by atoms with Crippen LogP contribution in [0.25, 0.3) is 0 Å². The van der Waals surface area contributed by atoms with E-state index in [1.165, 1.54) is 23.6 Å². The largest absolute Gasteiger partial charge is 0.392 e. The van der Waals surface area contributed by atoms with Crippen LogP contribution in [0.3, 0.4) is 0 Å². The van der Waals surface area contributed by atoms with E-state index in [4.69, 9.17) is 5.11 Å². The lowest BCUT2D eigenvalue weighted by atomic mass is 10.3. The quantitative estimate of drug-likeness (QED) is 0.875. The molecule has 2 aromatic rings. The second-order valence-electron chi connectivity index (χ2n) is 3.66. The van der Waals surface area contributed by atoms with E-state index < -0.39 is 15.8 Å². The van der Waals surface area contributed by atoms with Crippen molar-refractivity contribution in [1.82, 2.24) is 0 Å². The number of nitrogens with one attached hydrogen (secondary N) is 1. The van der Waals surface area contributed by atoms with Crippen LogP contribution in [0.4, 0.5) is 10.1 Å². The van der Waals surface area contributed by atoms with Gasteiger partial charge in [-0.3, -0.25) is 4.72 Å². The summed E-state index contributed by atoms with van der Waals surface area (Å²) >= 11 is 4.11. The van der Waals surface area contributed by atoms with Crippen molar-refractivity contribution in [2.24, 2.45) is 0 Å². The Kier molecular flexibility index (Phi) is 4.24. The number of aliphatic hydroxyl groups is 1. The van der Waals surface area contributed by atoms with E-state index in [0.717, 1.165) is 17.4 Å². The van der Waals surface area contributed by atoms with E-state index in [0.29, 0.717) is 10.0 Å². The fourth-order valence-electron chi connectivity index (χ4n) is 1.35. The SMILES string of the molecule is O=S(=O)(Nc1cc(Br)ccc1F)c1cc(CO)cs1. The predicted octanol–water partition coefficient (Wildman–Crippen LogP) is 2.94. The Labute approximate surface area is 122 Å². The molecule has 4 nitrogen and oxygen atoms in total. The van der Waals surface area contributed by atoms with Gasteiger partial charge >= 0.3 is 0 Å². The molecule has 0 aliphatic heterocycles. The highest BCUT2D eigenvalue weighted by molar-refractivity contribution is 9.10. The minimum Gasteiger partial charge on any atom is -0.392 e. The first-order chi connectivity index (χ1) is 8.92. The number of hydrogen-bond acceptors (Lipinski definition) is 4. The molecule has 1 aromatic carbocycles. The van der Waals surface area contributed by atoms with Crippen molar-refractivity contribution in [1.29, 1.82) is 0 Å². The molecule has 0 radical (unpaired) electrons. The average Bonchev–Trinajstić information content (AvgIpc) is 2.83. The van der Waals surface area contributed by atoms with Crippen molar-refractivity contribution in [3.05, 3.63) is 45.5 Å². The summed E-state index contributed by atoms with van der Waals surface area (Å²) in [4.78, 5) is 0. The molecule has 0 bridgehead atoms. The first-order valence-electron chi connectivity index (χ1n) is 5.08. The minimum atomic E-state index is -3.85. The van der Waals surface area contributed by atoms with Gasteiger partial charge in [0, 0.05) is 4.47 Å². The lowest BCUT2D eigenvalue weighted by Gasteiger charge is -2.07. The molecule has 102 valence electrons. The summed E-state index contributed by atoms with van der Waals surface area (Å²) in [5, 5.41) is 10.4. The molecule has 0 atom stereocenters. The van der Waals surface area contributed by atoms with Crippen LogP contribution in [0, 0.1) is 5.82 Å². The third-order valence-electron chi connectivity index (χ3n) is 2.25. The molecular weight excluding hydrogens is 357 g/mol. The zero-order chi connectivity index (χ0) is 14.0. The van der Waals surface area contributed by atoms with Crippen LogP contribution in [0.5, 0.6) is 0 Å². The average molecular weight is 366 g/mol. The molecule has 0 unspecified atom stereocenters. The Morgan fingerprint density at radius 1 is 1.37 bits per heavy atom. The zero-order valence-corrected chi connectivity index (χ0v) is 12.6. The van der Waals surface area contributed by atoms with Crippen molar-refractivity contribution in [3.8, 4) is 0 Å². The van der Waals surface area contributed by atoms with Gasteiger partial charge in [0.2, 0.25) is 0 Å². The summed E-state index contributed by atoms with van der Waals surface area (Å²) < 4.78 is 40.3. The molecule has 0 amide bonds. The van der Waals surface area contributed by atoms with Gasteiger partial charge in [-0.25, -0.2) is 12.8 Å². The first-order valence-corrected chi connectivity index (χ1v) is 8.24. The summed E-state index contributed by atoms with van der Waals surface area (Å²) in [7, 11) is -3.85. The fourth-order valence-corrected chi connectivity index (χ4v) is 3.97. The summed E-state index contributed by atoms with van der Waals surface area (Å²) in [6, 6.07) is 5.33. The number of benzene rings is 1. The lowest BCUT2D eigenvalue weighted by Crippen LogP contribution is -2.12. The van der Waals surface area contributed by atoms with Gasteiger partial charge in [-0.15, -0.1) is 11.3 Å². The van der Waals surface area contributed by atoms with E-state index in [2.05, 4.69) is 20.7 Å². The van der Waals surface area contributed by atoms with Gasteiger partial charge < -0.3 is 5.11 Å². The summed E-state index contributed by atoms with van der Waals surface area (Å²) in [6.45, 7) is -0.239. The molecule has 2 N–H and O–H groups in total. The van der Waals surface area contributed by atoms with Crippen molar-refractivity contribution in [2.45, 2.75) is 10.8 Å². The maximum Gasteiger partial charge on any atom is 0.271 e. The van der Waals surface area contributed by atoms with E-state index in [9.17, 15) is 12.8 Å². The van der Waals surface area contributed by atoms with Crippen molar-refractivity contribution in [3.63, 3.8) is 0 Å². The van der Waals surface area contributed by atoms with Crippen LogP contribution in [0.2, 0.25) is 0 Å². The molecule has 0 aliphatic carbocycles. The first kappa shape index (κ1) is 14.4. The molecule has 0 saturated carbocycles. The van der Waals surface area contributed by atoms with Crippen LogP contribution < -0.4 is 4.72 Å². The molecule has 2 rings (SSSR count). The smallest absolute Gasteiger partial charge is 0.271 e. The molecule has 19 heavy (non-hydrogen) atoms. The van der Waals surface area contributed by atoms with Crippen molar-refractivity contribution < 1.29 is 17.9 Å². The predicted molar refractivity (Wildman–Crippen MR) is 75.2 cm³/mol. The molecule has 1 aromatic heterocycles. The summed E-state index contributed by atoms with van der Waals surface area (Å²) in [6.07, 6.45) is 0. The molecule has 0 fully saturated rings. The van der Waals surface area contributed by atoms with Gasteiger partial charge in [0.05, 0.1) is 12.3 Å². The topological polar surface area (TPSA) is 66.4 Å². The van der Waals surface area contributed by atoms with Gasteiger partial charge in [-0.1, -0.05) is 15.9 Å². The highest BCUT2D eigenvalue weighted by Gasteiger charge is 2.18. The normalized spacial score (nSPS) is 11.5. The molecular formula is C11H9BrFNO3S2. The number of sulfonamides is 1. The number of halogens is 2. The second kappa shape index (κ2) is 5.58. The Morgan fingerprint density at radius 3 is 2.74 bits per heavy atom. The molecule has 0 spiro atoms. The number of thiophene rings is 1. The Bertz CT molecular complexity index is 700. The second-order valence-corrected chi connectivity index (χ2v) is 7.40. The summed E-state index contributed by atoms with van der Waals surface area (Å²) in [5.74, 6) is -0.661. The molecule has 0 aliphatic rings. The van der Waals surface area contributed by atoms with Gasteiger partial charge in [-0.2, -0.15) is 0 Å². The van der Waals surface area contributed by atoms with Gasteiger partial charge in [-0.05, 0) is 35.2 Å². The Hall–Kier alpha value is -0.960. The third kappa shape index (κ3) is 3.33. The monoisotopic (exact) mass is 365 g/mol. The highest BCUT2D eigenvalue weighted by Crippen LogP contribution is 2.26. The lowest BCUT2D eigenvalue weighted by molar-refractivity contribution is 0.282. The summed E-state index contributed by atoms with van der Waals surface area (Å²) in [5.41, 5.74) is 0.369. The highest BCUT2D eigenvalue weighted by atomic mass is 79.9. The van der Waals surface area contributed by atoms with Gasteiger partial charge in [0.1, 0.15) is 10.0 Å². The Morgan fingerprint density at radius 2 is 2.11 bits per heavy atom. The zero-order valence-electron chi connectivity index (χ0n) is 9.43. The van der Waals surface area contributed by atoms with E-state index in [-0.39, 0.29) is 16.5 Å². The van der Waals surface area contributed by atoms with Crippen LogP contribution in [0.15, 0.2) is 38.3 Å². The van der Waals surface area contributed by atoms with Gasteiger partial charge in [0.25, 0.3) is 10.0 Å². The van der Waals surface area contributed by atoms with E-state index in [1.807, 2.05) is 0 Å². The third-order valence-corrected chi connectivity index (χ3v) is 5.60. The fraction of sp³-hybridized carbons (Fsp3) is 0.0909. The number of hydrogen-bond donors (Lipinski definition) is 2. The molecule has 1 heterocycles. The Balaban J connectivity index is 2.33. The number of aliphatic hydroxyl groups excluding tert-OH is 1. The van der Waals surface area contributed by atoms with Crippen molar-refractivity contribution >= 4 is 43.0 Å². The number of anilines is 1. The minimum absolute atomic E-state index is 0.0240. The van der Waals surface area contributed by atoms with Crippen LogP contribution in [-0.4, -0.2) is 13.5 Å². The van der Waals surface area contributed by atoms with Gasteiger partial charge in [0.15, 0.2) is 0 Å². The maximum atomic E-state index is 13.5. The standard InChI is InChI=1S/C11H9BrFNO3S2/c12-8-1-2-9(13)10(4-8)14-19(16,17)11-3-7(5-15)6-18-11/h1-4,6,14-15H,5H2. The molecule has 0 saturated heterocycles. The van der Waals surface area contributed by atoms with Crippen LogP contribution in [0.1, 0.15) is 5.56 Å². The maximum absolute atomic E-state index is 13.5.